The highest BCUT2D eigenvalue weighted by Gasteiger charge is 2.17. The molecule has 0 bridgehead atoms. The van der Waals surface area contributed by atoms with E-state index < -0.39 is 0 Å². The van der Waals surface area contributed by atoms with Crippen molar-refractivity contribution in [2.24, 2.45) is 0 Å². The molecule has 4 aromatic rings. The smallest absolute Gasteiger partial charge is 0.305 e. The zero-order valence-corrected chi connectivity index (χ0v) is 14.6. The van der Waals surface area contributed by atoms with Crippen LogP contribution in [0.3, 0.4) is 0 Å². The highest BCUT2D eigenvalue weighted by molar-refractivity contribution is 5.78. The number of hydrogen-bond donors (Lipinski definition) is 1. The Labute approximate surface area is 157 Å². The Bertz CT molecular complexity index is 1170. The molecule has 0 fully saturated rings. The monoisotopic (exact) mass is 351 g/mol. The van der Waals surface area contributed by atoms with E-state index in [1.54, 1.807) is 10.6 Å². The average Bonchev–Trinajstić information content (AvgIpc) is 3.05. The van der Waals surface area contributed by atoms with Gasteiger partial charge in [0.05, 0.1) is 29.6 Å². The fourth-order valence-electron chi connectivity index (χ4n) is 3.25. The average molecular weight is 351 g/mol. The second-order valence-electron chi connectivity index (χ2n) is 6.28. The maximum atomic E-state index is 12.8. The van der Waals surface area contributed by atoms with Gasteiger partial charge in [-0.05, 0) is 17.7 Å². The number of nitriles is 1. The lowest BCUT2D eigenvalue weighted by Crippen LogP contribution is -2.18. The highest BCUT2D eigenvalue weighted by atomic mass is 16.1. The van der Waals surface area contributed by atoms with Gasteiger partial charge in [-0.1, -0.05) is 72.8 Å². The van der Waals surface area contributed by atoms with E-state index in [1.807, 2.05) is 78.9 Å². The molecule has 3 aromatic carbocycles. The Balaban J connectivity index is 1.90. The molecule has 130 valence electrons. The summed E-state index contributed by atoms with van der Waals surface area (Å²) in [6, 6.07) is 29.2. The normalized spacial score (nSPS) is 10.5. The molecule has 0 aliphatic heterocycles. The van der Waals surface area contributed by atoms with Crippen LogP contribution in [0, 0.1) is 11.3 Å². The van der Waals surface area contributed by atoms with Gasteiger partial charge in [0.1, 0.15) is 0 Å². The first-order chi connectivity index (χ1) is 13.3. The molecule has 0 radical (unpaired) electrons. The summed E-state index contributed by atoms with van der Waals surface area (Å²) in [5.74, 6) is 0. The number of H-pyrrole nitrogens is 1. The van der Waals surface area contributed by atoms with Crippen molar-refractivity contribution in [3.63, 3.8) is 0 Å². The van der Waals surface area contributed by atoms with Crippen molar-refractivity contribution in [3.8, 4) is 28.6 Å². The Kier molecular flexibility index (Phi) is 4.42. The zero-order valence-electron chi connectivity index (χ0n) is 14.6. The van der Waals surface area contributed by atoms with Crippen LogP contribution in [0.4, 0.5) is 0 Å². The molecular weight excluding hydrogens is 334 g/mol. The molecule has 0 amide bonds. The minimum atomic E-state index is -0.171. The van der Waals surface area contributed by atoms with Crippen LogP contribution in [-0.2, 0) is 6.54 Å². The lowest BCUT2D eigenvalue weighted by Gasteiger charge is -2.11. The van der Waals surface area contributed by atoms with E-state index in [1.165, 1.54) is 0 Å². The van der Waals surface area contributed by atoms with E-state index in [-0.39, 0.29) is 5.69 Å². The molecule has 1 N–H and O–H groups in total. The van der Waals surface area contributed by atoms with Gasteiger partial charge < -0.3 is 4.98 Å². The van der Waals surface area contributed by atoms with E-state index in [0.29, 0.717) is 12.1 Å². The Morgan fingerprint density at radius 3 is 2.19 bits per heavy atom. The molecule has 0 saturated carbocycles. The predicted octanol–water partition coefficient (Wildman–Crippen LogP) is 4.43. The number of benzene rings is 3. The summed E-state index contributed by atoms with van der Waals surface area (Å²) in [6.07, 6.45) is 0. The summed E-state index contributed by atoms with van der Waals surface area (Å²) < 4.78 is 1.73. The van der Waals surface area contributed by atoms with Crippen LogP contribution in [0.1, 0.15) is 11.1 Å². The molecule has 0 saturated heterocycles. The van der Waals surface area contributed by atoms with Gasteiger partial charge in [-0.25, -0.2) is 4.79 Å². The van der Waals surface area contributed by atoms with Crippen LogP contribution in [0.15, 0.2) is 89.7 Å². The van der Waals surface area contributed by atoms with Gasteiger partial charge >= 0.3 is 5.69 Å². The lowest BCUT2D eigenvalue weighted by atomic mass is 10.0. The molecule has 4 heteroatoms. The van der Waals surface area contributed by atoms with Gasteiger partial charge in [-0.3, -0.25) is 4.57 Å². The maximum Gasteiger partial charge on any atom is 0.326 e. The molecule has 1 heterocycles. The van der Waals surface area contributed by atoms with Crippen LogP contribution in [0.25, 0.3) is 22.5 Å². The second-order valence-corrected chi connectivity index (χ2v) is 6.28. The highest BCUT2D eigenvalue weighted by Crippen LogP contribution is 2.30. The third-order valence-corrected chi connectivity index (χ3v) is 4.49. The van der Waals surface area contributed by atoms with E-state index >= 15 is 0 Å². The molecule has 4 rings (SSSR count). The molecule has 0 unspecified atom stereocenters. The van der Waals surface area contributed by atoms with Crippen LogP contribution in [-0.4, -0.2) is 9.55 Å². The SMILES string of the molecule is N#Cc1cccc(Cn2c(-c3ccccc3)c(-c3ccccc3)[nH]c2=O)c1. The number of rotatable bonds is 4. The van der Waals surface area contributed by atoms with Crippen LogP contribution in [0.5, 0.6) is 0 Å². The molecule has 27 heavy (non-hydrogen) atoms. The summed E-state index contributed by atoms with van der Waals surface area (Å²) in [4.78, 5) is 15.8. The van der Waals surface area contributed by atoms with Crippen LogP contribution >= 0.6 is 0 Å². The van der Waals surface area contributed by atoms with Gasteiger partial charge in [0.2, 0.25) is 0 Å². The number of aromatic nitrogens is 2. The first-order valence-electron chi connectivity index (χ1n) is 8.69. The maximum absolute atomic E-state index is 12.8. The number of hydrogen-bond acceptors (Lipinski definition) is 2. The molecule has 0 aliphatic carbocycles. The fraction of sp³-hybridized carbons (Fsp3) is 0.0435. The standard InChI is InChI=1S/C23H17N3O/c24-15-17-8-7-9-18(14-17)16-26-22(20-12-5-2-6-13-20)21(25-23(26)27)19-10-3-1-4-11-19/h1-14H,16H2,(H,25,27). The lowest BCUT2D eigenvalue weighted by molar-refractivity contribution is 0.769. The molecule has 0 aliphatic rings. The largest absolute Gasteiger partial charge is 0.326 e. The van der Waals surface area contributed by atoms with Crippen LogP contribution < -0.4 is 5.69 Å². The van der Waals surface area contributed by atoms with Crippen molar-refractivity contribution >= 4 is 0 Å². The van der Waals surface area contributed by atoms with Gasteiger partial charge in [-0.2, -0.15) is 5.26 Å². The zero-order chi connectivity index (χ0) is 18.6. The molecular formula is C23H17N3O. The summed E-state index contributed by atoms with van der Waals surface area (Å²) in [5, 5.41) is 9.14. The summed E-state index contributed by atoms with van der Waals surface area (Å²) >= 11 is 0. The van der Waals surface area contributed by atoms with Gasteiger partial charge in [-0.15, -0.1) is 0 Å². The van der Waals surface area contributed by atoms with Crippen LogP contribution in [0.2, 0.25) is 0 Å². The van der Waals surface area contributed by atoms with E-state index in [0.717, 1.165) is 28.1 Å². The first kappa shape index (κ1) is 16.6. The van der Waals surface area contributed by atoms with Crippen molar-refractivity contribution in [2.75, 3.05) is 0 Å². The number of nitrogens with zero attached hydrogens (tertiary/aromatic N) is 2. The fourth-order valence-corrected chi connectivity index (χ4v) is 3.25. The molecule has 4 nitrogen and oxygen atoms in total. The number of nitrogens with one attached hydrogen (secondary N) is 1. The molecule has 1 aromatic heterocycles. The van der Waals surface area contributed by atoms with Crippen molar-refractivity contribution in [1.82, 2.24) is 9.55 Å². The van der Waals surface area contributed by atoms with Gasteiger partial charge in [0.25, 0.3) is 0 Å². The van der Waals surface area contributed by atoms with E-state index in [2.05, 4.69) is 11.1 Å². The van der Waals surface area contributed by atoms with Gasteiger partial charge in [0.15, 0.2) is 0 Å². The summed E-state index contributed by atoms with van der Waals surface area (Å²) in [6.45, 7) is 0.391. The second kappa shape index (κ2) is 7.19. The Morgan fingerprint density at radius 1 is 0.852 bits per heavy atom. The summed E-state index contributed by atoms with van der Waals surface area (Å²) in [5.41, 5.74) is 4.88. The predicted molar refractivity (Wildman–Crippen MR) is 106 cm³/mol. The van der Waals surface area contributed by atoms with Gasteiger partial charge in [0, 0.05) is 11.1 Å². The minimum absolute atomic E-state index is 0.171. The van der Waals surface area contributed by atoms with Crippen molar-refractivity contribution in [1.29, 1.82) is 5.26 Å². The van der Waals surface area contributed by atoms with Crippen molar-refractivity contribution < 1.29 is 0 Å². The first-order valence-corrected chi connectivity index (χ1v) is 8.69. The quantitative estimate of drug-likeness (QED) is 0.591. The van der Waals surface area contributed by atoms with Crippen molar-refractivity contribution in [2.45, 2.75) is 6.54 Å². The minimum Gasteiger partial charge on any atom is -0.305 e. The number of aromatic amines is 1. The number of imidazole rings is 1. The van der Waals surface area contributed by atoms with Crippen molar-refractivity contribution in [3.05, 3.63) is 107 Å². The summed E-state index contributed by atoms with van der Waals surface area (Å²) in [7, 11) is 0. The third kappa shape index (κ3) is 3.31. The van der Waals surface area contributed by atoms with E-state index in [4.69, 9.17) is 5.26 Å². The topological polar surface area (TPSA) is 61.6 Å². The Hall–Kier alpha value is -3.84. The molecule has 0 spiro atoms. The third-order valence-electron chi connectivity index (χ3n) is 4.49. The Morgan fingerprint density at radius 2 is 1.52 bits per heavy atom. The van der Waals surface area contributed by atoms with E-state index in [9.17, 15) is 4.79 Å². The molecule has 0 atom stereocenters.